The summed E-state index contributed by atoms with van der Waals surface area (Å²) in [6.07, 6.45) is 6.40. The van der Waals surface area contributed by atoms with Crippen LogP contribution in [0.25, 0.3) is 69.4 Å². The molecule has 0 aliphatic rings. The van der Waals surface area contributed by atoms with Crippen LogP contribution in [0.5, 0.6) is 0 Å². The first-order chi connectivity index (χ1) is 33.6. The van der Waals surface area contributed by atoms with Gasteiger partial charge in [-0.15, -0.1) is 22.7 Å². The zero-order valence-electron chi connectivity index (χ0n) is 37.7. The smallest absolute Gasteiger partial charge is 0.124 e. The van der Waals surface area contributed by atoms with Crippen molar-refractivity contribution in [3.05, 3.63) is 248 Å². The molecule has 11 rings (SSSR count). The van der Waals surface area contributed by atoms with Gasteiger partial charge in [-0.05, 0) is 169 Å². The molecule has 9 aromatic carbocycles. The van der Waals surface area contributed by atoms with Gasteiger partial charge >= 0.3 is 0 Å². The second-order valence-corrected chi connectivity index (χ2v) is 18.6. The first kappa shape index (κ1) is 42.5. The lowest BCUT2D eigenvalue weighted by Crippen LogP contribution is -2.10. The number of fused-ring (bicyclic) bond motifs is 2. The van der Waals surface area contributed by atoms with E-state index in [1.807, 2.05) is 12.1 Å². The number of hydrogen-bond acceptors (Lipinski definition) is 6. The molecule has 0 aliphatic carbocycles. The van der Waals surface area contributed by atoms with Crippen molar-refractivity contribution in [2.24, 2.45) is 0 Å². The Kier molecular flexibility index (Phi) is 11.9. The normalized spacial score (nSPS) is 11.7. The molecule has 0 spiro atoms. The fraction of sp³-hybridized carbons (Fsp3) is 0.0323. The molecule has 0 amide bonds. The van der Waals surface area contributed by atoms with Crippen LogP contribution in [0.4, 0.5) is 34.1 Å². The number of anilines is 6. The van der Waals surface area contributed by atoms with Crippen molar-refractivity contribution in [1.82, 2.24) is 9.97 Å². The van der Waals surface area contributed by atoms with Crippen molar-refractivity contribution in [3.8, 4) is 43.4 Å². The maximum Gasteiger partial charge on any atom is 0.124 e. The lowest BCUT2D eigenvalue weighted by molar-refractivity contribution is 1.28. The molecular weight excluding hydrogens is 865 g/mol. The van der Waals surface area contributed by atoms with Gasteiger partial charge in [0.15, 0.2) is 0 Å². The summed E-state index contributed by atoms with van der Waals surface area (Å²) in [4.78, 5) is 14.5. The highest BCUT2D eigenvalue weighted by atomic mass is 32.1. The summed E-state index contributed by atoms with van der Waals surface area (Å²) in [6.45, 7) is 4.14. The summed E-state index contributed by atoms with van der Waals surface area (Å²) in [5, 5.41) is 2.05. The molecule has 0 N–H and O–H groups in total. The average Bonchev–Trinajstić information content (AvgIpc) is 4.05. The maximum atomic E-state index is 4.93. The van der Waals surface area contributed by atoms with Gasteiger partial charge in [-0.3, -0.25) is 0 Å². The first-order valence-electron chi connectivity index (χ1n) is 22.9. The number of allylic oxidation sites excluding steroid dienone is 4. The van der Waals surface area contributed by atoms with Gasteiger partial charge in [0.25, 0.3) is 0 Å². The predicted octanol–water partition coefficient (Wildman–Crippen LogP) is 18.5. The predicted molar refractivity (Wildman–Crippen MR) is 292 cm³/mol. The number of rotatable bonds is 12. The van der Waals surface area contributed by atoms with Crippen LogP contribution >= 0.6 is 22.7 Å². The van der Waals surface area contributed by atoms with E-state index in [-0.39, 0.29) is 0 Å². The lowest BCUT2D eigenvalue weighted by Gasteiger charge is -2.26. The topological polar surface area (TPSA) is 32.3 Å². The van der Waals surface area contributed by atoms with Gasteiger partial charge in [-0.1, -0.05) is 121 Å². The highest BCUT2D eigenvalue weighted by molar-refractivity contribution is 7.22. The van der Waals surface area contributed by atoms with Gasteiger partial charge < -0.3 is 9.80 Å². The van der Waals surface area contributed by atoms with Crippen LogP contribution < -0.4 is 9.80 Å². The van der Waals surface area contributed by atoms with Crippen LogP contribution in [0, 0.1) is 0 Å². The third-order valence-corrected chi connectivity index (χ3v) is 14.4. The summed E-state index contributed by atoms with van der Waals surface area (Å²) in [7, 11) is 0. The van der Waals surface area contributed by atoms with Crippen LogP contribution in [0.1, 0.15) is 19.4 Å². The molecule has 2 heterocycles. The van der Waals surface area contributed by atoms with E-state index in [2.05, 4.69) is 254 Å². The minimum Gasteiger partial charge on any atom is -0.311 e. The highest BCUT2D eigenvalue weighted by Gasteiger charge is 2.17. The second-order valence-electron chi connectivity index (χ2n) is 16.5. The van der Waals surface area contributed by atoms with Gasteiger partial charge in [0, 0.05) is 45.3 Å². The van der Waals surface area contributed by atoms with E-state index in [0.29, 0.717) is 0 Å². The van der Waals surface area contributed by atoms with E-state index < -0.39 is 0 Å². The van der Waals surface area contributed by atoms with Crippen molar-refractivity contribution >= 4 is 82.8 Å². The molecule has 0 saturated heterocycles. The Morgan fingerprint density at radius 3 is 1.03 bits per heavy atom. The zero-order chi connectivity index (χ0) is 45.8. The molecule has 0 saturated carbocycles. The summed E-state index contributed by atoms with van der Waals surface area (Å²) in [6, 6.07) is 80.3. The van der Waals surface area contributed by atoms with Crippen molar-refractivity contribution in [1.29, 1.82) is 0 Å². The van der Waals surface area contributed by atoms with E-state index in [1.165, 1.54) is 31.7 Å². The maximum absolute atomic E-state index is 4.93. The molecule has 326 valence electrons. The van der Waals surface area contributed by atoms with Gasteiger partial charge in [0.2, 0.25) is 0 Å². The van der Waals surface area contributed by atoms with E-state index in [1.54, 1.807) is 22.7 Å². The van der Waals surface area contributed by atoms with Gasteiger partial charge in [-0.25, -0.2) is 9.97 Å². The summed E-state index contributed by atoms with van der Waals surface area (Å²) < 4.78 is 2.39. The van der Waals surface area contributed by atoms with Crippen molar-refractivity contribution in [2.45, 2.75) is 13.8 Å². The summed E-state index contributed by atoms with van der Waals surface area (Å²) in [5.41, 5.74) is 17.8. The Bertz CT molecular complexity index is 3470. The van der Waals surface area contributed by atoms with E-state index in [0.717, 1.165) is 77.4 Å². The number of aromatic nitrogens is 2. The summed E-state index contributed by atoms with van der Waals surface area (Å²) in [5.74, 6) is 0. The Morgan fingerprint density at radius 1 is 0.353 bits per heavy atom. The molecule has 11 aromatic rings. The molecule has 2 aromatic heterocycles. The van der Waals surface area contributed by atoms with Crippen molar-refractivity contribution < 1.29 is 0 Å². The molecule has 6 heteroatoms. The molecule has 0 unspecified atom stereocenters. The van der Waals surface area contributed by atoms with Crippen LogP contribution in [0.3, 0.4) is 0 Å². The fourth-order valence-electron chi connectivity index (χ4n) is 8.77. The number of thiazole rings is 2. The number of hydrogen-bond donors (Lipinski definition) is 0. The molecule has 0 radical (unpaired) electrons. The van der Waals surface area contributed by atoms with E-state index in [4.69, 9.17) is 9.97 Å². The van der Waals surface area contributed by atoms with Gasteiger partial charge in [-0.2, -0.15) is 0 Å². The van der Waals surface area contributed by atoms with Crippen LogP contribution in [0.15, 0.2) is 243 Å². The molecular formula is C62H46N4S2. The molecule has 68 heavy (non-hydrogen) atoms. The van der Waals surface area contributed by atoms with Crippen LogP contribution in [-0.2, 0) is 0 Å². The number of benzene rings is 9. The molecule has 0 fully saturated rings. The molecule has 0 aliphatic heterocycles. The Balaban J connectivity index is 0.905. The Hall–Kier alpha value is -8.16. The van der Waals surface area contributed by atoms with E-state index in [9.17, 15) is 0 Å². The van der Waals surface area contributed by atoms with Crippen molar-refractivity contribution in [3.63, 3.8) is 0 Å². The van der Waals surface area contributed by atoms with E-state index >= 15 is 0 Å². The third-order valence-electron chi connectivity index (χ3n) is 12.3. The van der Waals surface area contributed by atoms with Crippen LogP contribution in [0.2, 0.25) is 0 Å². The standard InChI is InChI=1S/C62H46N4S2/c1-3-12-43(4-2)45-19-31-51(32-20-45)65(55-39-27-49(28-40-55)61-63-57-15-8-10-17-59(57)67-61)53-35-23-47(24-36-53)48-25-37-54(38-26-48)66(52-33-21-46(22-34-52)44-13-6-5-7-14-44)56-41-29-50(30-42-56)62-64-58-16-9-11-18-60(58)68-62/h3-42H,1-2H3/b12-3-,43-4+. The lowest BCUT2D eigenvalue weighted by atomic mass is 10.0. The monoisotopic (exact) mass is 910 g/mol. The molecule has 0 bridgehead atoms. The largest absolute Gasteiger partial charge is 0.311 e. The van der Waals surface area contributed by atoms with Gasteiger partial charge in [0.1, 0.15) is 10.0 Å². The second kappa shape index (κ2) is 19.0. The highest BCUT2D eigenvalue weighted by Crippen LogP contribution is 2.41. The van der Waals surface area contributed by atoms with Crippen molar-refractivity contribution in [2.75, 3.05) is 9.80 Å². The molecule has 4 nitrogen and oxygen atoms in total. The Morgan fingerprint density at radius 2 is 0.676 bits per heavy atom. The minimum atomic E-state index is 1.02. The average molecular weight is 911 g/mol. The first-order valence-corrected chi connectivity index (χ1v) is 24.5. The fourth-order valence-corrected chi connectivity index (χ4v) is 10.7. The molecule has 0 atom stereocenters. The SMILES string of the molecule is C/C=C\C(=C/C)c1ccc(N(c2ccc(-c3ccc(N(c4ccc(-c5ccccc5)cc4)c4ccc(-c5nc6ccccc6s5)cc4)cc3)cc2)c2ccc(-c3nc4ccccc4s3)cc2)cc1. The summed E-state index contributed by atoms with van der Waals surface area (Å²) >= 11 is 3.45. The number of nitrogens with zero attached hydrogens (tertiary/aromatic N) is 4. The Labute approximate surface area is 405 Å². The quantitative estimate of drug-likeness (QED) is 0.114. The zero-order valence-corrected chi connectivity index (χ0v) is 39.3. The third kappa shape index (κ3) is 8.67. The number of para-hydroxylation sites is 2. The van der Waals surface area contributed by atoms with Gasteiger partial charge in [0.05, 0.1) is 20.4 Å². The minimum absolute atomic E-state index is 1.02. The van der Waals surface area contributed by atoms with Crippen LogP contribution in [-0.4, -0.2) is 9.97 Å².